The number of hydrogen-bond acceptors (Lipinski definition) is 4. The highest BCUT2D eigenvalue weighted by molar-refractivity contribution is 5.58. The maximum absolute atomic E-state index is 13.8. The molecule has 5 heteroatoms. The van der Waals surface area contributed by atoms with Crippen LogP contribution in [0.2, 0.25) is 0 Å². The number of anilines is 1. The van der Waals surface area contributed by atoms with Gasteiger partial charge in [-0.2, -0.15) is 0 Å². The van der Waals surface area contributed by atoms with Crippen LogP contribution in [0.1, 0.15) is 16.8 Å². The van der Waals surface area contributed by atoms with Crippen LogP contribution in [0.4, 0.5) is 10.1 Å². The van der Waals surface area contributed by atoms with Gasteiger partial charge in [-0.1, -0.05) is 18.2 Å². The normalized spacial score (nSPS) is 14.3. The van der Waals surface area contributed by atoms with Crippen LogP contribution in [0, 0.1) is 5.82 Å². The Bertz CT molecular complexity index is 892. The number of hydrogen-bond donors (Lipinski definition) is 1. The first kappa shape index (κ1) is 15.7. The number of aromatic nitrogens is 2. The molecule has 2 heterocycles. The Hall–Kier alpha value is -2.79. The largest absolute Gasteiger partial charge is 0.399 e. The fourth-order valence-electron chi connectivity index (χ4n) is 3.15. The number of rotatable bonds is 3. The smallest absolute Gasteiger partial charge is 0.159 e. The van der Waals surface area contributed by atoms with E-state index >= 15 is 0 Å². The minimum absolute atomic E-state index is 0.150. The minimum Gasteiger partial charge on any atom is -0.399 e. The second-order valence-electron chi connectivity index (χ2n) is 6.34. The molecule has 4 nitrogen and oxygen atoms in total. The number of nitrogen functional groups attached to an aromatic ring is 1. The van der Waals surface area contributed by atoms with Crippen molar-refractivity contribution in [3.05, 3.63) is 77.4 Å². The fraction of sp³-hybridized carbons (Fsp3) is 0.200. The monoisotopic (exact) mass is 334 g/mol. The second-order valence-corrected chi connectivity index (χ2v) is 6.34. The van der Waals surface area contributed by atoms with Crippen molar-refractivity contribution in [2.75, 3.05) is 12.3 Å². The summed E-state index contributed by atoms with van der Waals surface area (Å²) >= 11 is 0. The third-order valence-electron chi connectivity index (χ3n) is 4.53. The topological polar surface area (TPSA) is 55.0 Å². The van der Waals surface area contributed by atoms with Gasteiger partial charge in [-0.25, -0.2) is 14.4 Å². The molecule has 126 valence electrons. The molecule has 0 bridgehead atoms. The Morgan fingerprint density at radius 3 is 2.68 bits per heavy atom. The van der Waals surface area contributed by atoms with Gasteiger partial charge in [-0.3, -0.25) is 4.90 Å². The lowest BCUT2D eigenvalue weighted by atomic mass is 10.1. The molecule has 0 aliphatic carbocycles. The number of nitrogens with zero attached hydrogens (tertiary/aromatic N) is 3. The highest BCUT2D eigenvalue weighted by Gasteiger charge is 2.19. The van der Waals surface area contributed by atoms with Crippen molar-refractivity contribution < 1.29 is 4.39 Å². The summed E-state index contributed by atoms with van der Waals surface area (Å²) in [6.45, 7) is 2.21. The van der Waals surface area contributed by atoms with Crippen LogP contribution in [-0.2, 0) is 19.5 Å². The molecular weight excluding hydrogens is 315 g/mol. The van der Waals surface area contributed by atoms with Gasteiger partial charge in [-0.15, -0.1) is 0 Å². The van der Waals surface area contributed by atoms with Crippen molar-refractivity contribution in [2.45, 2.75) is 19.5 Å². The van der Waals surface area contributed by atoms with Gasteiger partial charge in [0.05, 0.1) is 5.69 Å². The molecule has 0 saturated carbocycles. The molecule has 1 aliphatic heterocycles. The van der Waals surface area contributed by atoms with E-state index in [1.165, 1.54) is 6.07 Å². The summed E-state index contributed by atoms with van der Waals surface area (Å²) in [5.74, 6) is 0.574. The van der Waals surface area contributed by atoms with Crippen molar-refractivity contribution in [1.82, 2.24) is 14.9 Å². The molecular formula is C20H19FN4. The predicted molar refractivity (Wildman–Crippen MR) is 96.1 cm³/mol. The number of benzene rings is 2. The highest BCUT2D eigenvalue weighted by Crippen LogP contribution is 2.23. The maximum atomic E-state index is 13.8. The minimum atomic E-state index is -0.150. The third kappa shape index (κ3) is 3.37. The molecule has 0 radical (unpaired) electrons. The van der Waals surface area contributed by atoms with Crippen LogP contribution in [0.5, 0.6) is 0 Å². The highest BCUT2D eigenvalue weighted by atomic mass is 19.1. The molecule has 0 atom stereocenters. The summed E-state index contributed by atoms with van der Waals surface area (Å²) < 4.78 is 13.8. The first-order valence-electron chi connectivity index (χ1n) is 8.35. The van der Waals surface area contributed by atoms with Gasteiger partial charge in [0.15, 0.2) is 5.82 Å². The summed E-state index contributed by atoms with van der Waals surface area (Å²) in [6.07, 6.45) is 2.73. The van der Waals surface area contributed by atoms with Crippen LogP contribution >= 0.6 is 0 Å². The van der Waals surface area contributed by atoms with Gasteiger partial charge in [0, 0.05) is 54.6 Å². The van der Waals surface area contributed by atoms with Crippen molar-refractivity contribution in [3.8, 4) is 11.4 Å². The van der Waals surface area contributed by atoms with E-state index in [4.69, 9.17) is 10.7 Å². The lowest BCUT2D eigenvalue weighted by molar-refractivity contribution is 0.239. The number of fused-ring (bicyclic) bond motifs is 1. The van der Waals surface area contributed by atoms with E-state index in [1.807, 2.05) is 42.6 Å². The SMILES string of the molecule is Nc1ccc(-c2ncc3c(n2)CCN(Cc2ccccc2F)C3)cc1. The molecule has 4 rings (SSSR count). The maximum Gasteiger partial charge on any atom is 0.159 e. The fourth-order valence-corrected chi connectivity index (χ4v) is 3.15. The zero-order valence-corrected chi connectivity index (χ0v) is 13.8. The van der Waals surface area contributed by atoms with E-state index in [0.29, 0.717) is 6.54 Å². The van der Waals surface area contributed by atoms with Crippen LogP contribution in [0.25, 0.3) is 11.4 Å². The van der Waals surface area contributed by atoms with Crippen molar-refractivity contribution >= 4 is 5.69 Å². The van der Waals surface area contributed by atoms with Gasteiger partial charge in [0.1, 0.15) is 5.82 Å². The molecule has 0 unspecified atom stereocenters. The number of halogens is 1. The van der Waals surface area contributed by atoms with E-state index in [9.17, 15) is 4.39 Å². The molecule has 0 fully saturated rings. The van der Waals surface area contributed by atoms with E-state index in [1.54, 1.807) is 6.07 Å². The molecule has 25 heavy (non-hydrogen) atoms. The van der Waals surface area contributed by atoms with Gasteiger partial charge in [-0.05, 0) is 30.3 Å². The van der Waals surface area contributed by atoms with E-state index in [-0.39, 0.29) is 5.82 Å². The van der Waals surface area contributed by atoms with E-state index in [2.05, 4.69) is 9.88 Å². The standard InChI is InChI=1S/C20H19FN4/c21-18-4-2-1-3-15(18)12-25-10-9-19-16(13-25)11-23-20(24-19)14-5-7-17(22)8-6-14/h1-8,11H,9-10,12-13,22H2. The average Bonchev–Trinajstić information content (AvgIpc) is 2.64. The van der Waals surface area contributed by atoms with Crippen molar-refractivity contribution in [3.63, 3.8) is 0 Å². The molecule has 1 aromatic heterocycles. The Balaban J connectivity index is 1.52. The Morgan fingerprint density at radius 2 is 1.88 bits per heavy atom. The Kier molecular flexibility index (Phi) is 4.15. The zero-order valence-electron chi connectivity index (χ0n) is 13.8. The van der Waals surface area contributed by atoms with Gasteiger partial charge in [0.25, 0.3) is 0 Å². The van der Waals surface area contributed by atoms with Crippen molar-refractivity contribution in [2.24, 2.45) is 0 Å². The molecule has 1 aliphatic rings. The molecule has 3 aromatic rings. The molecule has 2 N–H and O–H groups in total. The quantitative estimate of drug-likeness (QED) is 0.746. The lowest BCUT2D eigenvalue weighted by Crippen LogP contribution is -2.31. The second kappa shape index (κ2) is 6.61. The van der Waals surface area contributed by atoms with Crippen LogP contribution in [-0.4, -0.2) is 21.4 Å². The van der Waals surface area contributed by atoms with Gasteiger partial charge >= 0.3 is 0 Å². The zero-order chi connectivity index (χ0) is 17.2. The van der Waals surface area contributed by atoms with Gasteiger partial charge in [0.2, 0.25) is 0 Å². The Morgan fingerprint density at radius 1 is 1.08 bits per heavy atom. The number of nitrogens with two attached hydrogens (primary N) is 1. The van der Waals surface area contributed by atoms with Gasteiger partial charge < -0.3 is 5.73 Å². The lowest BCUT2D eigenvalue weighted by Gasteiger charge is -2.28. The summed E-state index contributed by atoms with van der Waals surface area (Å²) in [7, 11) is 0. The van der Waals surface area contributed by atoms with Crippen molar-refractivity contribution in [1.29, 1.82) is 0 Å². The summed E-state index contributed by atoms with van der Waals surface area (Å²) in [4.78, 5) is 11.4. The summed E-state index contributed by atoms with van der Waals surface area (Å²) in [5, 5.41) is 0. The average molecular weight is 334 g/mol. The molecule has 0 amide bonds. The first-order valence-corrected chi connectivity index (χ1v) is 8.35. The molecule has 0 spiro atoms. The summed E-state index contributed by atoms with van der Waals surface area (Å²) in [5.41, 5.74) is 10.3. The first-order chi connectivity index (χ1) is 12.2. The van der Waals surface area contributed by atoms with Crippen LogP contribution < -0.4 is 5.73 Å². The predicted octanol–water partition coefficient (Wildman–Crippen LogP) is 3.42. The van der Waals surface area contributed by atoms with E-state index in [0.717, 1.165) is 53.4 Å². The third-order valence-corrected chi connectivity index (χ3v) is 4.53. The Labute approximate surface area is 146 Å². The van der Waals surface area contributed by atoms with E-state index < -0.39 is 0 Å². The van der Waals surface area contributed by atoms with Crippen LogP contribution in [0.3, 0.4) is 0 Å². The molecule has 0 saturated heterocycles. The summed E-state index contributed by atoms with van der Waals surface area (Å²) in [6, 6.07) is 14.5. The molecule has 2 aromatic carbocycles. The van der Waals surface area contributed by atoms with Crippen LogP contribution in [0.15, 0.2) is 54.7 Å².